The summed E-state index contributed by atoms with van der Waals surface area (Å²) in [4.78, 5) is 19.3. The van der Waals surface area contributed by atoms with E-state index < -0.39 is 5.60 Å². The highest BCUT2D eigenvalue weighted by atomic mass is 16.5. The van der Waals surface area contributed by atoms with Gasteiger partial charge in [-0.1, -0.05) is 18.8 Å². The fraction of sp³-hybridized carbons (Fsp3) is 0.636. The van der Waals surface area contributed by atoms with Crippen molar-refractivity contribution >= 4 is 5.91 Å². The summed E-state index contributed by atoms with van der Waals surface area (Å²) in [5, 5.41) is 23.2. The molecular formula is C22H31N3O4. The van der Waals surface area contributed by atoms with Crippen molar-refractivity contribution in [3.63, 3.8) is 0 Å². The number of nitrogens with one attached hydrogen (secondary N) is 1. The Kier molecular flexibility index (Phi) is 6.78. The largest absolute Gasteiger partial charge is 0.472 e. The van der Waals surface area contributed by atoms with Gasteiger partial charge in [0.2, 0.25) is 5.88 Å². The van der Waals surface area contributed by atoms with Crippen molar-refractivity contribution in [1.29, 1.82) is 0 Å². The maximum atomic E-state index is 13.3. The van der Waals surface area contributed by atoms with Crippen LogP contribution < -0.4 is 10.1 Å². The summed E-state index contributed by atoms with van der Waals surface area (Å²) in [7, 11) is 1.86. The zero-order valence-corrected chi connectivity index (χ0v) is 17.4. The molecule has 1 amide bonds. The third-order valence-corrected chi connectivity index (χ3v) is 5.80. The number of ether oxygens (including phenoxy) is 1. The normalized spacial score (nSPS) is 24.6. The first-order valence-corrected chi connectivity index (χ1v) is 10.4. The van der Waals surface area contributed by atoms with Gasteiger partial charge in [-0.25, -0.2) is 4.98 Å². The standard InChI is InChI=1S/C22H31N3O4/c1-15-13-25(16(2)14-26)21(27)18-10-17(6-9-22(28)7-4-5-8-22)11-24-20(18)29-19(15)12-23-3/h10-11,15-16,19,23,26,28H,4-5,7-8,12-14H2,1-3H3/t15-,16-,19-/m1/s1. The number of likely N-dealkylation sites (N-methyl/N-ethyl adjacent to an activating group) is 1. The number of carbonyl (C=O) groups is 1. The van der Waals surface area contributed by atoms with Gasteiger partial charge in [-0.2, -0.15) is 0 Å². The fourth-order valence-electron chi connectivity index (χ4n) is 3.89. The summed E-state index contributed by atoms with van der Waals surface area (Å²) in [6.45, 7) is 4.83. The number of carbonyl (C=O) groups excluding carboxylic acids is 1. The van der Waals surface area contributed by atoms with Gasteiger partial charge in [0, 0.05) is 30.8 Å². The molecule has 1 saturated carbocycles. The third-order valence-electron chi connectivity index (χ3n) is 5.80. The van der Waals surface area contributed by atoms with E-state index in [0.717, 1.165) is 12.8 Å². The number of nitrogens with zero attached hydrogens (tertiary/aromatic N) is 2. The molecule has 7 nitrogen and oxygen atoms in total. The molecular weight excluding hydrogens is 370 g/mol. The van der Waals surface area contributed by atoms with Crippen molar-refractivity contribution in [1.82, 2.24) is 15.2 Å². The van der Waals surface area contributed by atoms with Crippen LogP contribution in [-0.2, 0) is 0 Å². The van der Waals surface area contributed by atoms with Gasteiger partial charge in [0.1, 0.15) is 17.3 Å². The molecule has 1 fully saturated rings. The average molecular weight is 402 g/mol. The first kappa shape index (κ1) is 21.6. The SMILES string of the molecule is CNC[C@H]1Oc2ncc(C#CC3(O)CCCC3)cc2C(=O)N([C@H](C)CO)C[C@H]1C. The molecule has 158 valence electrons. The molecule has 0 spiro atoms. The molecule has 3 rings (SSSR count). The second-order valence-corrected chi connectivity index (χ2v) is 8.25. The van der Waals surface area contributed by atoms with Crippen LogP contribution in [0, 0.1) is 17.8 Å². The lowest BCUT2D eigenvalue weighted by molar-refractivity contribution is 0.0404. The Labute approximate surface area is 172 Å². The summed E-state index contributed by atoms with van der Waals surface area (Å²) >= 11 is 0. The topological polar surface area (TPSA) is 94.9 Å². The zero-order valence-electron chi connectivity index (χ0n) is 17.4. The van der Waals surface area contributed by atoms with Crippen LogP contribution in [0.15, 0.2) is 12.3 Å². The van der Waals surface area contributed by atoms with Crippen LogP contribution in [0.25, 0.3) is 0 Å². The molecule has 0 radical (unpaired) electrons. The van der Waals surface area contributed by atoms with Gasteiger partial charge < -0.3 is 25.2 Å². The number of pyridine rings is 1. The molecule has 1 aromatic rings. The van der Waals surface area contributed by atoms with Gasteiger partial charge in [0.15, 0.2) is 0 Å². The summed E-state index contributed by atoms with van der Waals surface area (Å²) < 4.78 is 6.09. The number of aliphatic hydroxyl groups is 2. The predicted octanol–water partition coefficient (Wildman–Crippen LogP) is 1.18. The summed E-state index contributed by atoms with van der Waals surface area (Å²) in [6.07, 6.45) is 4.71. The molecule has 2 aliphatic rings. The van der Waals surface area contributed by atoms with Gasteiger partial charge in [0.05, 0.1) is 12.6 Å². The van der Waals surface area contributed by atoms with E-state index >= 15 is 0 Å². The molecule has 2 heterocycles. The Hall–Kier alpha value is -2.14. The van der Waals surface area contributed by atoms with Crippen LogP contribution in [0.3, 0.4) is 0 Å². The van der Waals surface area contributed by atoms with Crippen LogP contribution in [0.2, 0.25) is 0 Å². The van der Waals surface area contributed by atoms with E-state index in [1.165, 1.54) is 0 Å². The van der Waals surface area contributed by atoms with E-state index in [1.807, 2.05) is 20.9 Å². The van der Waals surface area contributed by atoms with Gasteiger partial charge >= 0.3 is 0 Å². The molecule has 0 saturated heterocycles. The molecule has 0 aromatic carbocycles. The van der Waals surface area contributed by atoms with Crippen molar-refractivity contribution in [2.75, 3.05) is 26.7 Å². The molecule has 0 unspecified atom stereocenters. The molecule has 1 aliphatic carbocycles. The Balaban J connectivity index is 1.98. The maximum Gasteiger partial charge on any atom is 0.259 e. The summed E-state index contributed by atoms with van der Waals surface area (Å²) in [6, 6.07) is 1.36. The monoisotopic (exact) mass is 401 g/mol. The van der Waals surface area contributed by atoms with E-state index in [0.29, 0.717) is 37.1 Å². The number of hydrogen-bond donors (Lipinski definition) is 3. The van der Waals surface area contributed by atoms with Crippen molar-refractivity contribution in [2.45, 2.75) is 57.3 Å². The van der Waals surface area contributed by atoms with Gasteiger partial charge in [-0.15, -0.1) is 0 Å². The molecule has 1 aliphatic heterocycles. The van der Waals surface area contributed by atoms with E-state index in [1.54, 1.807) is 17.2 Å². The zero-order chi connectivity index (χ0) is 21.0. The first-order valence-electron chi connectivity index (χ1n) is 10.4. The van der Waals surface area contributed by atoms with E-state index in [4.69, 9.17) is 4.74 Å². The van der Waals surface area contributed by atoms with Gasteiger partial charge in [-0.05, 0) is 45.7 Å². The van der Waals surface area contributed by atoms with Crippen LogP contribution in [-0.4, -0.2) is 70.5 Å². The van der Waals surface area contributed by atoms with Crippen molar-refractivity contribution < 1.29 is 19.7 Å². The lowest BCUT2D eigenvalue weighted by Gasteiger charge is -2.36. The number of aromatic nitrogens is 1. The fourth-order valence-corrected chi connectivity index (χ4v) is 3.89. The van der Waals surface area contributed by atoms with Gasteiger partial charge in [-0.3, -0.25) is 4.79 Å². The van der Waals surface area contributed by atoms with Crippen LogP contribution in [0.1, 0.15) is 55.5 Å². The Morgan fingerprint density at radius 2 is 2.17 bits per heavy atom. The van der Waals surface area contributed by atoms with Crippen LogP contribution in [0.4, 0.5) is 0 Å². The lowest BCUT2D eigenvalue weighted by atomic mass is 10.00. The smallest absolute Gasteiger partial charge is 0.259 e. The van der Waals surface area contributed by atoms with E-state index in [-0.39, 0.29) is 36.5 Å². The lowest BCUT2D eigenvalue weighted by Crippen LogP contribution is -2.49. The number of amides is 1. The highest BCUT2D eigenvalue weighted by Crippen LogP contribution is 2.29. The minimum absolute atomic E-state index is 0.0615. The van der Waals surface area contributed by atoms with Crippen LogP contribution >= 0.6 is 0 Å². The van der Waals surface area contributed by atoms with E-state index in [9.17, 15) is 15.0 Å². The second-order valence-electron chi connectivity index (χ2n) is 8.25. The highest BCUT2D eigenvalue weighted by Gasteiger charge is 2.33. The number of rotatable bonds is 4. The Morgan fingerprint density at radius 1 is 1.45 bits per heavy atom. The maximum absolute atomic E-state index is 13.3. The molecule has 7 heteroatoms. The Morgan fingerprint density at radius 3 is 2.83 bits per heavy atom. The number of aliphatic hydroxyl groups excluding tert-OH is 1. The first-order chi connectivity index (χ1) is 13.9. The second kappa shape index (κ2) is 9.12. The van der Waals surface area contributed by atoms with Crippen molar-refractivity contribution in [3.8, 4) is 17.7 Å². The molecule has 29 heavy (non-hydrogen) atoms. The third kappa shape index (κ3) is 4.89. The Bertz CT molecular complexity index is 795. The summed E-state index contributed by atoms with van der Waals surface area (Å²) in [5.41, 5.74) is -0.0462. The quantitative estimate of drug-likeness (QED) is 0.656. The van der Waals surface area contributed by atoms with Gasteiger partial charge in [0.25, 0.3) is 5.91 Å². The minimum Gasteiger partial charge on any atom is -0.472 e. The molecule has 3 atom stereocenters. The molecule has 1 aromatic heterocycles. The molecule has 0 bridgehead atoms. The average Bonchev–Trinajstić information content (AvgIpc) is 3.15. The number of hydrogen-bond acceptors (Lipinski definition) is 6. The highest BCUT2D eigenvalue weighted by molar-refractivity contribution is 5.97. The summed E-state index contributed by atoms with van der Waals surface area (Å²) in [5.74, 6) is 6.05. The van der Waals surface area contributed by atoms with E-state index in [2.05, 4.69) is 22.1 Å². The van der Waals surface area contributed by atoms with Crippen LogP contribution in [0.5, 0.6) is 5.88 Å². The minimum atomic E-state index is -0.949. The van der Waals surface area contributed by atoms with Crippen molar-refractivity contribution in [3.05, 3.63) is 23.4 Å². The number of fused-ring (bicyclic) bond motifs is 1. The van der Waals surface area contributed by atoms with Crippen molar-refractivity contribution in [2.24, 2.45) is 5.92 Å². The predicted molar refractivity (Wildman–Crippen MR) is 110 cm³/mol. The molecule has 3 N–H and O–H groups in total.